The first kappa shape index (κ1) is 14.5. The number of carbonyl (C=O) groups is 1. The van der Waals surface area contributed by atoms with E-state index in [0.29, 0.717) is 19.6 Å². The molecule has 1 unspecified atom stereocenters. The number of nitrogens with two attached hydrogens (primary N) is 1. The van der Waals surface area contributed by atoms with Gasteiger partial charge in [0.2, 0.25) is 5.91 Å². The van der Waals surface area contributed by atoms with Crippen LogP contribution in [0.3, 0.4) is 0 Å². The van der Waals surface area contributed by atoms with Gasteiger partial charge >= 0.3 is 0 Å². The third kappa shape index (κ3) is 3.42. The van der Waals surface area contributed by atoms with Gasteiger partial charge in [-0.05, 0) is 20.3 Å². The molecular weight excluding hydrogens is 216 g/mol. The minimum Gasteiger partial charge on any atom is -0.367 e. The molecule has 1 rings (SSSR count). The average molecular weight is 242 g/mol. The summed E-state index contributed by atoms with van der Waals surface area (Å²) < 4.78 is 5.83. The van der Waals surface area contributed by atoms with E-state index in [9.17, 15) is 4.79 Å². The highest BCUT2D eigenvalue weighted by Gasteiger charge is 2.39. The van der Waals surface area contributed by atoms with Crippen LogP contribution < -0.4 is 5.73 Å². The number of nitrogens with zero attached hydrogens (tertiary/aromatic N) is 1. The first-order valence-electron chi connectivity index (χ1n) is 6.39. The molecule has 1 amide bonds. The van der Waals surface area contributed by atoms with Crippen molar-refractivity contribution in [3.63, 3.8) is 0 Å². The molecule has 1 saturated heterocycles. The van der Waals surface area contributed by atoms with Gasteiger partial charge in [0, 0.05) is 25.0 Å². The Hall–Kier alpha value is -0.610. The molecule has 1 heterocycles. The van der Waals surface area contributed by atoms with Crippen LogP contribution in [0, 0.1) is 5.41 Å². The van der Waals surface area contributed by atoms with Crippen LogP contribution in [-0.2, 0) is 9.53 Å². The van der Waals surface area contributed by atoms with Gasteiger partial charge in [-0.25, -0.2) is 0 Å². The molecule has 0 radical (unpaired) electrons. The predicted octanol–water partition coefficient (Wildman–Crippen LogP) is 1.39. The third-order valence-electron chi connectivity index (χ3n) is 3.49. The Morgan fingerprint density at radius 3 is 2.59 bits per heavy atom. The number of carbonyl (C=O) groups excluding carboxylic acids is 1. The third-order valence-corrected chi connectivity index (χ3v) is 3.49. The summed E-state index contributed by atoms with van der Waals surface area (Å²) in [5, 5.41) is 0. The summed E-state index contributed by atoms with van der Waals surface area (Å²) in [5.41, 5.74) is 5.06. The van der Waals surface area contributed by atoms with Gasteiger partial charge in [-0.1, -0.05) is 20.8 Å². The van der Waals surface area contributed by atoms with Gasteiger partial charge in [0.1, 0.15) is 0 Å². The summed E-state index contributed by atoms with van der Waals surface area (Å²) in [7, 11) is 0. The van der Waals surface area contributed by atoms with Crippen LogP contribution >= 0.6 is 0 Å². The van der Waals surface area contributed by atoms with Gasteiger partial charge in [-0.3, -0.25) is 4.79 Å². The van der Waals surface area contributed by atoms with E-state index >= 15 is 0 Å². The van der Waals surface area contributed by atoms with E-state index in [1.165, 1.54) is 0 Å². The Kier molecular flexibility index (Phi) is 4.20. The molecule has 0 saturated carbocycles. The van der Waals surface area contributed by atoms with E-state index in [-0.39, 0.29) is 23.0 Å². The summed E-state index contributed by atoms with van der Waals surface area (Å²) in [6, 6.07) is 0. The quantitative estimate of drug-likeness (QED) is 0.813. The molecule has 17 heavy (non-hydrogen) atoms. The second kappa shape index (κ2) is 4.94. The lowest BCUT2D eigenvalue weighted by Gasteiger charge is -2.44. The van der Waals surface area contributed by atoms with E-state index in [4.69, 9.17) is 10.5 Å². The van der Waals surface area contributed by atoms with E-state index in [1.807, 2.05) is 39.5 Å². The molecule has 0 aromatic rings. The van der Waals surface area contributed by atoms with Gasteiger partial charge in [0.05, 0.1) is 11.7 Å². The molecule has 0 aromatic heterocycles. The molecular formula is C13H26N2O2. The van der Waals surface area contributed by atoms with Gasteiger partial charge in [0.15, 0.2) is 0 Å². The molecule has 1 aliphatic heterocycles. The maximum absolute atomic E-state index is 12.4. The summed E-state index contributed by atoms with van der Waals surface area (Å²) in [6.45, 7) is 11.8. The fourth-order valence-electron chi connectivity index (χ4n) is 2.15. The fourth-order valence-corrected chi connectivity index (χ4v) is 2.15. The minimum atomic E-state index is -0.304. The zero-order valence-corrected chi connectivity index (χ0v) is 11.7. The zero-order chi connectivity index (χ0) is 13.3. The largest absolute Gasteiger partial charge is 0.367 e. The standard InChI is InChI=1S/C13H26N2O2/c1-6-12(2,3)11(16)15-8-10(7-14)17-13(4,5)9-15/h10H,6-9,14H2,1-5H3. The maximum atomic E-state index is 12.4. The monoisotopic (exact) mass is 242 g/mol. The zero-order valence-electron chi connectivity index (χ0n) is 11.7. The SMILES string of the molecule is CCC(C)(C)C(=O)N1CC(CN)OC(C)(C)C1. The van der Waals surface area contributed by atoms with Crippen molar-refractivity contribution in [2.24, 2.45) is 11.1 Å². The topological polar surface area (TPSA) is 55.6 Å². The van der Waals surface area contributed by atoms with E-state index in [2.05, 4.69) is 0 Å². The minimum absolute atomic E-state index is 0.0460. The molecule has 4 nitrogen and oxygen atoms in total. The lowest BCUT2D eigenvalue weighted by molar-refractivity contribution is -0.166. The van der Waals surface area contributed by atoms with Crippen LogP contribution in [0.1, 0.15) is 41.0 Å². The van der Waals surface area contributed by atoms with Crippen LogP contribution in [-0.4, -0.2) is 42.1 Å². The van der Waals surface area contributed by atoms with E-state index in [1.54, 1.807) is 0 Å². The number of hydrogen-bond acceptors (Lipinski definition) is 3. The molecule has 0 spiro atoms. The van der Waals surface area contributed by atoms with Gasteiger partial charge in [-0.2, -0.15) is 0 Å². The van der Waals surface area contributed by atoms with Crippen molar-refractivity contribution < 1.29 is 9.53 Å². The van der Waals surface area contributed by atoms with E-state index < -0.39 is 0 Å². The van der Waals surface area contributed by atoms with E-state index in [0.717, 1.165) is 6.42 Å². The molecule has 4 heteroatoms. The van der Waals surface area contributed by atoms with Crippen LogP contribution in [0.15, 0.2) is 0 Å². The molecule has 100 valence electrons. The van der Waals surface area contributed by atoms with Crippen molar-refractivity contribution in [2.75, 3.05) is 19.6 Å². The number of rotatable bonds is 3. The second-order valence-electron chi connectivity index (χ2n) is 6.16. The Morgan fingerprint density at radius 1 is 1.53 bits per heavy atom. The Labute approximate surface area is 104 Å². The summed E-state index contributed by atoms with van der Waals surface area (Å²) in [4.78, 5) is 14.3. The molecule has 2 N–H and O–H groups in total. The van der Waals surface area contributed by atoms with Crippen LogP contribution in [0.5, 0.6) is 0 Å². The molecule has 0 aromatic carbocycles. The number of ether oxygens (including phenoxy) is 1. The highest BCUT2D eigenvalue weighted by atomic mass is 16.5. The predicted molar refractivity (Wildman–Crippen MR) is 68.7 cm³/mol. The van der Waals surface area contributed by atoms with Crippen LogP contribution in [0.4, 0.5) is 0 Å². The summed E-state index contributed by atoms with van der Waals surface area (Å²) in [5.74, 6) is 0.204. The first-order valence-corrected chi connectivity index (χ1v) is 6.39. The van der Waals surface area contributed by atoms with Crippen molar-refractivity contribution in [2.45, 2.75) is 52.7 Å². The molecule has 1 atom stereocenters. The number of hydrogen-bond donors (Lipinski definition) is 1. The Bertz CT molecular complexity index is 287. The van der Waals surface area contributed by atoms with Crippen LogP contribution in [0.2, 0.25) is 0 Å². The van der Waals surface area contributed by atoms with Crippen molar-refractivity contribution >= 4 is 5.91 Å². The van der Waals surface area contributed by atoms with Gasteiger partial charge in [-0.15, -0.1) is 0 Å². The molecule has 0 bridgehead atoms. The molecule has 1 aliphatic rings. The maximum Gasteiger partial charge on any atom is 0.228 e. The van der Waals surface area contributed by atoms with Gasteiger partial charge in [0.25, 0.3) is 0 Å². The Morgan fingerprint density at radius 2 is 2.12 bits per heavy atom. The Balaban J connectivity index is 2.80. The second-order valence-corrected chi connectivity index (χ2v) is 6.16. The van der Waals surface area contributed by atoms with Crippen molar-refractivity contribution in [1.29, 1.82) is 0 Å². The smallest absolute Gasteiger partial charge is 0.228 e. The summed E-state index contributed by atoms with van der Waals surface area (Å²) >= 11 is 0. The van der Waals surface area contributed by atoms with Gasteiger partial charge < -0.3 is 15.4 Å². The van der Waals surface area contributed by atoms with Crippen molar-refractivity contribution in [3.8, 4) is 0 Å². The van der Waals surface area contributed by atoms with Crippen molar-refractivity contribution in [3.05, 3.63) is 0 Å². The highest BCUT2D eigenvalue weighted by molar-refractivity contribution is 5.82. The normalized spacial score (nSPS) is 24.8. The summed E-state index contributed by atoms with van der Waals surface area (Å²) in [6.07, 6.45) is 0.798. The highest BCUT2D eigenvalue weighted by Crippen LogP contribution is 2.28. The lowest BCUT2D eigenvalue weighted by Crippen LogP contribution is -2.58. The fraction of sp³-hybridized carbons (Fsp3) is 0.923. The lowest BCUT2D eigenvalue weighted by atomic mass is 9.87. The average Bonchev–Trinajstić information content (AvgIpc) is 2.25. The molecule has 0 aliphatic carbocycles. The van der Waals surface area contributed by atoms with Crippen LogP contribution in [0.25, 0.3) is 0 Å². The number of morpholine rings is 1. The first-order chi connectivity index (χ1) is 7.72. The molecule has 1 fully saturated rings. The number of amides is 1. The van der Waals surface area contributed by atoms with Crippen molar-refractivity contribution in [1.82, 2.24) is 4.90 Å².